The van der Waals surface area contributed by atoms with E-state index in [2.05, 4.69) is 15.9 Å². The first-order valence-electron chi connectivity index (χ1n) is 3.78. The monoisotopic (exact) mass is 241 g/mol. The van der Waals surface area contributed by atoms with Crippen LogP contribution in [0.3, 0.4) is 0 Å². The number of carbonyl (C=O) groups is 1. The summed E-state index contributed by atoms with van der Waals surface area (Å²) < 4.78 is 0.696. The molecule has 13 heavy (non-hydrogen) atoms. The summed E-state index contributed by atoms with van der Waals surface area (Å²) in [5.41, 5.74) is 11.8. The van der Waals surface area contributed by atoms with Crippen molar-refractivity contribution < 1.29 is 4.79 Å². The molecule has 0 unspecified atom stereocenters. The third-order valence-corrected chi connectivity index (χ3v) is 2.29. The van der Waals surface area contributed by atoms with Gasteiger partial charge in [0.05, 0.1) is 5.56 Å². The third-order valence-electron chi connectivity index (χ3n) is 1.63. The molecule has 1 radical (unpaired) electrons. The second kappa shape index (κ2) is 4.39. The van der Waals surface area contributed by atoms with Gasteiger partial charge in [-0.1, -0.05) is 12.1 Å². The molecule has 0 atom stereocenters. The Morgan fingerprint density at radius 1 is 1.54 bits per heavy atom. The number of rotatable bonds is 3. The van der Waals surface area contributed by atoms with Gasteiger partial charge in [0, 0.05) is 10.9 Å². The highest BCUT2D eigenvalue weighted by molar-refractivity contribution is 9.10. The van der Waals surface area contributed by atoms with Gasteiger partial charge in [-0.3, -0.25) is 4.79 Å². The summed E-state index contributed by atoms with van der Waals surface area (Å²) in [5.74, 6) is -0.452. The van der Waals surface area contributed by atoms with Crippen molar-refractivity contribution in [1.82, 2.24) is 0 Å². The molecule has 4 N–H and O–H groups in total. The van der Waals surface area contributed by atoms with Crippen LogP contribution in [0.15, 0.2) is 22.7 Å². The highest BCUT2D eigenvalue weighted by Crippen LogP contribution is 2.20. The Morgan fingerprint density at radius 3 is 2.77 bits per heavy atom. The SMILES string of the molecule is NC[CH]c1cccc(Br)c1C(N)=O. The van der Waals surface area contributed by atoms with E-state index >= 15 is 0 Å². The van der Waals surface area contributed by atoms with Crippen molar-refractivity contribution in [1.29, 1.82) is 0 Å². The molecule has 3 nitrogen and oxygen atoms in total. The zero-order valence-electron chi connectivity index (χ0n) is 6.96. The Morgan fingerprint density at radius 2 is 2.23 bits per heavy atom. The summed E-state index contributed by atoms with van der Waals surface area (Å²) in [4.78, 5) is 11.0. The van der Waals surface area contributed by atoms with Crippen molar-refractivity contribution in [2.45, 2.75) is 0 Å². The van der Waals surface area contributed by atoms with Crippen molar-refractivity contribution in [2.24, 2.45) is 11.5 Å². The second-order valence-electron chi connectivity index (χ2n) is 2.51. The molecular weight excluding hydrogens is 232 g/mol. The van der Waals surface area contributed by atoms with E-state index in [-0.39, 0.29) is 0 Å². The van der Waals surface area contributed by atoms with Crippen molar-refractivity contribution in [3.8, 4) is 0 Å². The normalized spacial score (nSPS) is 10.0. The van der Waals surface area contributed by atoms with E-state index in [1.54, 1.807) is 18.6 Å². The Kier molecular flexibility index (Phi) is 3.45. The first-order valence-corrected chi connectivity index (χ1v) is 4.57. The maximum absolute atomic E-state index is 11.0. The van der Waals surface area contributed by atoms with Gasteiger partial charge in [0.25, 0.3) is 0 Å². The van der Waals surface area contributed by atoms with Crippen LogP contribution in [-0.4, -0.2) is 12.5 Å². The molecule has 0 aliphatic rings. The van der Waals surface area contributed by atoms with Gasteiger partial charge in [0.1, 0.15) is 0 Å². The smallest absolute Gasteiger partial charge is 0.250 e. The minimum atomic E-state index is -0.452. The first kappa shape index (κ1) is 10.2. The highest BCUT2D eigenvalue weighted by Gasteiger charge is 2.10. The molecule has 0 bridgehead atoms. The lowest BCUT2D eigenvalue weighted by molar-refractivity contribution is 0.0999. The standard InChI is InChI=1S/C9H10BrN2O/c10-7-3-1-2-6(4-5-11)8(7)9(12)13/h1-4H,5,11H2,(H2,12,13). The molecule has 1 rings (SSSR count). The van der Waals surface area contributed by atoms with Crippen LogP contribution in [0, 0.1) is 6.42 Å². The molecule has 0 aliphatic heterocycles. The maximum Gasteiger partial charge on any atom is 0.250 e. The van der Waals surface area contributed by atoms with Crippen molar-refractivity contribution in [3.63, 3.8) is 0 Å². The fourth-order valence-corrected chi connectivity index (χ4v) is 1.67. The summed E-state index contributed by atoms with van der Waals surface area (Å²) in [7, 11) is 0. The Labute approximate surface area is 85.2 Å². The lowest BCUT2D eigenvalue weighted by atomic mass is 10.0. The van der Waals surface area contributed by atoms with E-state index in [4.69, 9.17) is 11.5 Å². The van der Waals surface area contributed by atoms with Crippen LogP contribution in [0.1, 0.15) is 15.9 Å². The van der Waals surface area contributed by atoms with Gasteiger partial charge in [-0.15, -0.1) is 0 Å². The minimum Gasteiger partial charge on any atom is -0.366 e. The quantitative estimate of drug-likeness (QED) is 0.831. The van der Waals surface area contributed by atoms with E-state index < -0.39 is 5.91 Å². The van der Waals surface area contributed by atoms with Gasteiger partial charge in [0.15, 0.2) is 0 Å². The number of primary amides is 1. The molecule has 69 valence electrons. The summed E-state index contributed by atoms with van der Waals surface area (Å²) in [6.45, 7) is 0.386. The molecule has 0 spiro atoms. The van der Waals surface area contributed by atoms with E-state index in [0.717, 1.165) is 5.56 Å². The predicted octanol–water partition coefficient (Wildman–Crippen LogP) is 1.06. The molecule has 4 heteroatoms. The summed E-state index contributed by atoms with van der Waals surface area (Å²) in [6, 6.07) is 5.41. The van der Waals surface area contributed by atoms with Gasteiger partial charge < -0.3 is 11.5 Å². The van der Waals surface area contributed by atoms with Gasteiger partial charge in [-0.05, 0) is 34.1 Å². The number of amides is 1. The zero-order chi connectivity index (χ0) is 9.84. The molecule has 0 heterocycles. The largest absolute Gasteiger partial charge is 0.366 e. The molecule has 0 aliphatic carbocycles. The molecule has 1 aromatic rings. The highest BCUT2D eigenvalue weighted by atomic mass is 79.9. The van der Waals surface area contributed by atoms with Crippen LogP contribution in [0.5, 0.6) is 0 Å². The molecule has 0 saturated heterocycles. The van der Waals surface area contributed by atoms with Gasteiger partial charge >= 0.3 is 0 Å². The van der Waals surface area contributed by atoms with E-state index in [0.29, 0.717) is 16.6 Å². The summed E-state index contributed by atoms with van der Waals surface area (Å²) >= 11 is 3.26. The number of hydrogen-bond donors (Lipinski definition) is 2. The second-order valence-corrected chi connectivity index (χ2v) is 3.36. The average molecular weight is 242 g/mol. The number of benzene rings is 1. The molecule has 0 aromatic heterocycles. The maximum atomic E-state index is 11.0. The molecule has 0 saturated carbocycles. The molecule has 0 fully saturated rings. The molecular formula is C9H10BrN2O. The number of nitrogens with two attached hydrogens (primary N) is 2. The fourth-order valence-electron chi connectivity index (χ4n) is 1.10. The Hall–Kier alpha value is -0.870. The van der Waals surface area contributed by atoms with Crippen LogP contribution in [0.4, 0.5) is 0 Å². The fraction of sp³-hybridized carbons (Fsp3) is 0.111. The van der Waals surface area contributed by atoms with Crippen LogP contribution < -0.4 is 11.5 Å². The Bertz CT molecular complexity index is 325. The van der Waals surface area contributed by atoms with E-state index in [1.165, 1.54) is 0 Å². The lowest BCUT2D eigenvalue weighted by Gasteiger charge is -2.06. The minimum absolute atomic E-state index is 0.386. The summed E-state index contributed by atoms with van der Waals surface area (Å²) in [6.07, 6.45) is 1.75. The van der Waals surface area contributed by atoms with Crippen LogP contribution in [0.25, 0.3) is 0 Å². The summed E-state index contributed by atoms with van der Waals surface area (Å²) in [5, 5.41) is 0. The van der Waals surface area contributed by atoms with Crippen molar-refractivity contribution in [2.75, 3.05) is 6.54 Å². The van der Waals surface area contributed by atoms with Crippen LogP contribution in [-0.2, 0) is 0 Å². The van der Waals surface area contributed by atoms with Gasteiger partial charge in [0.2, 0.25) is 5.91 Å². The molecule has 1 aromatic carbocycles. The third kappa shape index (κ3) is 2.29. The van der Waals surface area contributed by atoms with E-state index in [9.17, 15) is 4.79 Å². The first-order chi connectivity index (χ1) is 6.16. The van der Waals surface area contributed by atoms with Crippen molar-refractivity contribution >= 4 is 21.8 Å². The van der Waals surface area contributed by atoms with Crippen LogP contribution in [0.2, 0.25) is 0 Å². The predicted molar refractivity (Wildman–Crippen MR) is 55.1 cm³/mol. The number of hydrogen-bond acceptors (Lipinski definition) is 2. The van der Waals surface area contributed by atoms with E-state index in [1.807, 2.05) is 6.07 Å². The Balaban J connectivity index is 3.17. The lowest BCUT2D eigenvalue weighted by Crippen LogP contribution is -2.15. The number of carbonyl (C=O) groups excluding carboxylic acids is 1. The average Bonchev–Trinajstić information content (AvgIpc) is 2.04. The number of halogens is 1. The van der Waals surface area contributed by atoms with Crippen LogP contribution >= 0.6 is 15.9 Å². The van der Waals surface area contributed by atoms with Gasteiger partial charge in [-0.2, -0.15) is 0 Å². The zero-order valence-corrected chi connectivity index (χ0v) is 8.54. The van der Waals surface area contributed by atoms with Crippen molar-refractivity contribution in [3.05, 3.63) is 40.2 Å². The van der Waals surface area contributed by atoms with Gasteiger partial charge in [-0.25, -0.2) is 0 Å². The molecule has 1 amide bonds. The topological polar surface area (TPSA) is 69.1 Å².